The summed E-state index contributed by atoms with van der Waals surface area (Å²) < 4.78 is 5.41. The first kappa shape index (κ1) is 16.1. The topological polar surface area (TPSA) is 66.4 Å². The lowest BCUT2D eigenvalue weighted by Gasteiger charge is -2.34. The summed E-state index contributed by atoms with van der Waals surface area (Å²) in [5.74, 6) is 2.91. The molecule has 4 heterocycles. The molecule has 0 unspecified atom stereocenters. The highest BCUT2D eigenvalue weighted by Crippen LogP contribution is 2.21. The maximum atomic E-state index is 5.41. The molecule has 7 nitrogen and oxygen atoms in total. The molecule has 2 aromatic rings. The zero-order chi connectivity index (χ0) is 16.9. The van der Waals surface area contributed by atoms with E-state index in [0.717, 1.165) is 69.7 Å². The van der Waals surface area contributed by atoms with Crippen molar-refractivity contribution in [3.05, 3.63) is 36.8 Å². The van der Waals surface area contributed by atoms with Crippen molar-refractivity contribution in [3.8, 4) is 0 Å². The van der Waals surface area contributed by atoms with E-state index in [1.165, 1.54) is 0 Å². The van der Waals surface area contributed by atoms with Crippen molar-refractivity contribution in [1.29, 1.82) is 0 Å². The minimum atomic E-state index is 0.364. The molecule has 2 aromatic heterocycles. The third kappa shape index (κ3) is 3.99. The van der Waals surface area contributed by atoms with Gasteiger partial charge in [0.05, 0.1) is 13.2 Å². The van der Waals surface area contributed by atoms with Crippen LogP contribution < -0.4 is 15.1 Å². The molecular weight excluding hydrogens is 316 g/mol. The maximum absolute atomic E-state index is 5.41. The Morgan fingerprint density at radius 2 is 1.92 bits per heavy atom. The first-order valence-corrected chi connectivity index (χ1v) is 8.96. The number of morpholine rings is 1. The van der Waals surface area contributed by atoms with E-state index in [1.807, 2.05) is 24.4 Å². The average molecular weight is 340 g/mol. The van der Waals surface area contributed by atoms with Crippen LogP contribution in [0.2, 0.25) is 0 Å². The van der Waals surface area contributed by atoms with Crippen molar-refractivity contribution in [1.82, 2.24) is 15.0 Å². The quantitative estimate of drug-likeness (QED) is 0.910. The summed E-state index contributed by atoms with van der Waals surface area (Å²) in [6, 6.07) is 8.48. The van der Waals surface area contributed by atoms with Crippen LogP contribution in [-0.4, -0.2) is 60.4 Å². The molecule has 0 amide bonds. The Morgan fingerprint density at radius 3 is 2.76 bits per heavy atom. The van der Waals surface area contributed by atoms with Gasteiger partial charge in [0.15, 0.2) is 0 Å². The van der Waals surface area contributed by atoms with Gasteiger partial charge in [-0.3, -0.25) is 0 Å². The molecular formula is C18H24N6O. The van der Waals surface area contributed by atoms with Gasteiger partial charge in [-0.2, -0.15) is 0 Å². The molecule has 2 aliphatic heterocycles. The Hall–Kier alpha value is -2.41. The predicted molar refractivity (Wildman–Crippen MR) is 98.2 cm³/mol. The molecule has 4 rings (SSSR count). The van der Waals surface area contributed by atoms with E-state index < -0.39 is 0 Å². The third-order valence-electron chi connectivity index (χ3n) is 4.73. The molecule has 0 saturated carbocycles. The molecule has 132 valence electrons. The fraction of sp³-hybridized carbons (Fsp3) is 0.500. The van der Waals surface area contributed by atoms with Crippen molar-refractivity contribution in [2.24, 2.45) is 0 Å². The van der Waals surface area contributed by atoms with Gasteiger partial charge in [-0.1, -0.05) is 6.07 Å². The summed E-state index contributed by atoms with van der Waals surface area (Å²) in [7, 11) is 0. The van der Waals surface area contributed by atoms with Crippen LogP contribution in [0.5, 0.6) is 0 Å². The lowest BCUT2D eigenvalue weighted by Crippen LogP contribution is -2.42. The normalized spacial score (nSPS) is 21.2. The van der Waals surface area contributed by atoms with E-state index in [-0.39, 0.29) is 0 Å². The minimum absolute atomic E-state index is 0.364. The molecule has 25 heavy (non-hydrogen) atoms. The van der Waals surface area contributed by atoms with Crippen LogP contribution in [0.25, 0.3) is 0 Å². The van der Waals surface area contributed by atoms with E-state index in [2.05, 4.69) is 36.1 Å². The van der Waals surface area contributed by atoms with Crippen LogP contribution in [-0.2, 0) is 4.74 Å². The van der Waals surface area contributed by atoms with Gasteiger partial charge in [-0.05, 0) is 25.0 Å². The highest BCUT2D eigenvalue weighted by atomic mass is 16.5. The monoisotopic (exact) mass is 340 g/mol. The van der Waals surface area contributed by atoms with Crippen LogP contribution in [0.15, 0.2) is 36.8 Å². The second-order valence-corrected chi connectivity index (χ2v) is 6.48. The second kappa shape index (κ2) is 7.65. The number of rotatable bonds is 4. The van der Waals surface area contributed by atoms with Crippen LogP contribution in [0.4, 0.5) is 17.5 Å². The van der Waals surface area contributed by atoms with Crippen molar-refractivity contribution >= 4 is 17.5 Å². The largest absolute Gasteiger partial charge is 0.378 e. The maximum Gasteiger partial charge on any atom is 0.134 e. The number of hydrogen-bond acceptors (Lipinski definition) is 7. The van der Waals surface area contributed by atoms with Gasteiger partial charge in [0.2, 0.25) is 0 Å². The Kier molecular flexibility index (Phi) is 4.92. The summed E-state index contributed by atoms with van der Waals surface area (Å²) >= 11 is 0. The highest BCUT2D eigenvalue weighted by Gasteiger charge is 2.21. The molecule has 0 aliphatic carbocycles. The lowest BCUT2D eigenvalue weighted by atomic mass is 10.1. The summed E-state index contributed by atoms with van der Waals surface area (Å²) in [4.78, 5) is 17.9. The van der Waals surface area contributed by atoms with E-state index in [4.69, 9.17) is 4.74 Å². The molecule has 2 saturated heterocycles. The zero-order valence-electron chi connectivity index (χ0n) is 14.3. The molecule has 1 N–H and O–H groups in total. The fourth-order valence-corrected chi connectivity index (χ4v) is 3.44. The number of aromatic nitrogens is 3. The van der Waals surface area contributed by atoms with Crippen LogP contribution in [0.1, 0.15) is 12.8 Å². The Morgan fingerprint density at radius 1 is 1.00 bits per heavy atom. The SMILES string of the molecule is c1ccc(N2CCC[C@@H](Nc3cc(N4CCOCC4)ncn3)C2)nc1. The van der Waals surface area contributed by atoms with Gasteiger partial charge < -0.3 is 19.9 Å². The van der Waals surface area contributed by atoms with E-state index in [9.17, 15) is 0 Å². The number of hydrogen-bond donors (Lipinski definition) is 1. The number of pyridine rings is 1. The summed E-state index contributed by atoms with van der Waals surface area (Å²) in [6.45, 7) is 5.27. The van der Waals surface area contributed by atoms with Crippen LogP contribution in [0.3, 0.4) is 0 Å². The van der Waals surface area contributed by atoms with Crippen LogP contribution >= 0.6 is 0 Å². The number of anilines is 3. The number of nitrogens with one attached hydrogen (secondary N) is 1. The molecule has 1 atom stereocenters. The zero-order valence-corrected chi connectivity index (χ0v) is 14.3. The Labute approximate surface area is 148 Å². The van der Waals surface area contributed by atoms with E-state index >= 15 is 0 Å². The van der Waals surface area contributed by atoms with Gasteiger partial charge in [0.1, 0.15) is 23.8 Å². The van der Waals surface area contributed by atoms with Crippen molar-refractivity contribution in [2.45, 2.75) is 18.9 Å². The Balaban J connectivity index is 1.41. The van der Waals surface area contributed by atoms with Gasteiger partial charge in [-0.15, -0.1) is 0 Å². The predicted octanol–water partition coefficient (Wildman–Crippen LogP) is 1.79. The van der Waals surface area contributed by atoms with Crippen molar-refractivity contribution in [3.63, 3.8) is 0 Å². The summed E-state index contributed by atoms with van der Waals surface area (Å²) in [5, 5.41) is 3.58. The molecule has 2 fully saturated rings. The Bertz CT molecular complexity index is 676. The molecule has 0 radical (unpaired) electrons. The molecule has 7 heteroatoms. The van der Waals surface area contributed by atoms with Gasteiger partial charge in [0.25, 0.3) is 0 Å². The number of ether oxygens (including phenoxy) is 1. The fourth-order valence-electron chi connectivity index (χ4n) is 3.44. The number of nitrogens with zero attached hydrogens (tertiary/aromatic N) is 5. The molecule has 2 aliphatic rings. The lowest BCUT2D eigenvalue weighted by molar-refractivity contribution is 0.122. The van der Waals surface area contributed by atoms with Gasteiger partial charge >= 0.3 is 0 Å². The first-order chi connectivity index (χ1) is 12.4. The summed E-state index contributed by atoms with van der Waals surface area (Å²) in [5.41, 5.74) is 0. The molecule has 0 bridgehead atoms. The van der Waals surface area contributed by atoms with E-state index in [0.29, 0.717) is 6.04 Å². The standard InChI is InChI=1S/C18H24N6O/c1-2-6-19-17(5-1)24-7-3-4-15(13-24)22-16-12-18(21-14-20-16)23-8-10-25-11-9-23/h1-2,5-6,12,14-15H,3-4,7-11,13H2,(H,20,21,22)/t15-/m1/s1. The van der Waals surface area contributed by atoms with Crippen molar-refractivity contribution < 1.29 is 4.74 Å². The smallest absolute Gasteiger partial charge is 0.134 e. The van der Waals surface area contributed by atoms with Gasteiger partial charge in [-0.25, -0.2) is 15.0 Å². The van der Waals surface area contributed by atoms with Gasteiger partial charge in [0, 0.05) is 44.5 Å². The van der Waals surface area contributed by atoms with Crippen molar-refractivity contribution in [2.75, 3.05) is 54.5 Å². The number of piperidine rings is 1. The summed E-state index contributed by atoms with van der Waals surface area (Å²) in [6.07, 6.45) is 5.79. The molecule has 0 aromatic carbocycles. The second-order valence-electron chi connectivity index (χ2n) is 6.48. The molecule has 0 spiro atoms. The minimum Gasteiger partial charge on any atom is -0.378 e. The van der Waals surface area contributed by atoms with Crippen LogP contribution in [0, 0.1) is 0 Å². The average Bonchev–Trinajstić information content (AvgIpc) is 2.70. The van der Waals surface area contributed by atoms with E-state index in [1.54, 1.807) is 6.33 Å². The third-order valence-corrected chi connectivity index (χ3v) is 4.73. The highest BCUT2D eigenvalue weighted by molar-refractivity contribution is 5.49. The first-order valence-electron chi connectivity index (χ1n) is 8.96.